The fraction of sp³-hybridized carbons (Fsp3) is 0.500. The van der Waals surface area contributed by atoms with Gasteiger partial charge in [-0.05, 0) is 20.0 Å². The van der Waals surface area contributed by atoms with Crippen LogP contribution < -0.4 is 0 Å². The minimum atomic E-state index is -0.212. The van der Waals surface area contributed by atoms with Gasteiger partial charge in [-0.1, -0.05) is 18.2 Å². The van der Waals surface area contributed by atoms with Gasteiger partial charge in [-0.25, -0.2) is 0 Å². The molecule has 0 saturated carbocycles. The fourth-order valence-corrected chi connectivity index (χ4v) is 3.00. The Morgan fingerprint density at radius 1 is 1.38 bits per heavy atom. The van der Waals surface area contributed by atoms with Gasteiger partial charge in [-0.2, -0.15) is 5.10 Å². The summed E-state index contributed by atoms with van der Waals surface area (Å²) in [6.45, 7) is 5.37. The molecule has 2 aromatic rings. The molecule has 0 atom stereocenters. The summed E-state index contributed by atoms with van der Waals surface area (Å²) in [4.78, 5) is 14.0. The number of hydrogen-bond acceptors (Lipinski definition) is 4. The van der Waals surface area contributed by atoms with Crippen LogP contribution in [0.15, 0.2) is 24.3 Å². The molecule has 1 aromatic heterocycles. The monoisotopic (exact) mass is 287 g/mol. The Bertz CT molecular complexity index is 644. The van der Waals surface area contributed by atoms with E-state index in [1.807, 2.05) is 29.8 Å². The third-order valence-electron chi connectivity index (χ3n) is 3.92. The second-order valence-corrected chi connectivity index (χ2v) is 5.71. The Labute approximate surface area is 124 Å². The van der Waals surface area contributed by atoms with Crippen molar-refractivity contribution in [3.05, 3.63) is 30.0 Å². The van der Waals surface area contributed by atoms with Crippen LogP contribution in [0.3, 0.4) is 0 Å². The van der Waals surface area contributed by atoms with Gasteiger partial charge < -0.3 is 9.64 Å². The normalized spacial score (nSPS) is 16.1. The molecular weight excluding hydrogens is 266 g/mol. The highest BCUT2D eigenvalue weighted by Gasteiger charge is 2.25. The van der Waals surface area contributed by atoms with Crippen molar-refractivity contribution in [2.45, 2.75) is 19.9 Å². The van der Waals surface area contributed by atoms with E-state index in [9.17, 15) is 4.79 Å². The summed E-state index contributed by atoms with van der Waals surface area (Å²) >= 11 is 0. The number of rotatable bonds is 5. The molecule has 1 aromatic carbocycles. The first-order chi connectivity index (χ1) is 10.2. The van der Waals surface area contributed by atoms with Crippen LogP contribution in [0.2, 0.25) is 0 Å². The van der Waals surface area contributed by atoms with Gasteiger partial charge in [0.1, 0.15) is 0 Å². The SMILES string of the molecule is CCOC(=O)Cc1nn(CC2CN(C)C2)c2ccccc12. The van der Waals surface area contributed by atoms with Gasteiger partial charge in [0.2, 0.25) is 0 Å². The van der Waals surface area contributed by atoms with E-state index in [0.717, 1.165) is 36.2 Å². The molecular formula is C16H21N3O2. The molecule has 0 N–H and O–H groups in total. The largest absolute Gasteiger partial charge is 0.466 e. The third kappa shape index (κ3) is 2.93. The average Bonchev–Trinajstić information content (AvgIpc) is 2.76. The number of carbonyl (C=O) groups excluding carboxylic acids is 1. The van der Waals surface area contributed by atoms with Crippen LogP contribution in [-0.2, 0) is 22.5 Å². The standard InChI is InChI=1S/C16H21N3O2/c1-3-21-16(20)8-14-13-6-4-5-7-15(13)19(17-14)11-12-9-18(2)10-12/h4-7,12H,3,8-11H2,1-2H3. The average molecular weight is 287 g/mol. The van der Waals surface area contributed by atoms with Gasteiger partial charge in [0, 0.05) is 30.9 Å². The highest BCUT2D eigenvalue weighted by Crippen LogP contribution is 2.22. The molecule has 5 heteroatoms. The fourth-order valence-electron chi connectivity index (χ4n) is 3.00. The number of esters is 1. The van der Waals surface area contributed by atoms with Gasteiger partial charge in [-0.15, -0.1) is 0 Å². The van der Waals surface area contributed by atoms with Crippen LogP contribution in [0.4, 0.5) is 0 Å². The summed E-state index contributed by atoms with van der Waals surface area (Å²) in [5.74, 6) is 0.435. The van der Waals surface area contributed by atoms with Crippen molar-refractivity contribution in [2.24, 2.45) is 5.92 Å². The van der Waals surface area contributed by atoms with E-state index < -0.39 is 0 Å². The maximum Gasteiger partial charge on any atom is 0.311 e. The molecule has 0 amide bonds. The van der Waals surface area contributed by atoms with Crippen LogP contribution in [0, 0.1) is 5.92 Å². The number of ether oxygens (including phenoxy) is 1. The zero-order valence-corrected chi connectivity index (χ0v) is 12.6. The lowest BCUT2D eigenvalue weighted by Gasteiger charge is -2.36. The minimum Gasteiger partial charge on any atom is -0.466 e. The van der Waals surface area contributed by atoms with E-state index in [-0.39, 0.29) is 12.4 Å². The highest BCUT2D eigenvalue weighted by atomic mass is 16.5. The van der Waals surface area contributed by atoms with Crippen molar-refractivity contribution < 1.29 is 9.53 Å². The minimum absolute atomic E-state index is 0.212. The molecule has 0 bridgehead atoms. The summed E-state index contributed by atoms with van der Waals surface area (Å²) in [6.07, 6.45) is 0.242. The zero-order chi connectivity index (χ0) is 14.8. The maximum atomic E-state index is 11.7. The first-order valence-electron chi connectivity index (χ1n) is 7.46. The Kier molecular flexibility index (Phi) is 3.92. The Hall–Kier alpha value is -1.88. The summed E-state index contributed by atoms with van der Waals surface area (Å²) < 4.78 is 7.08. The number of hydrogen-bond donors (Lipinski definition) is 0. The van der Waals surface area contributed by atoms with Crippen molar-refractivity contribution in [3.63, 3.8) is 0 Å². The molecule has 0 radical (unpaired) electrons. The van der Waals surface area contributed by atoms with Crippen LogP contribution in [-0.4, -0.2) is 47.4 Å². The Balaban J connectivity index is 1.85. The van der Waals surface area contributed by atoms with E-state index in [2.05, 4.69) is 23.1 Å². The van der Waals surface area contributed by atoms with Crippen molar-refractivity contribution in [3.8, 4) is 0 Å². The second kappa shape index (κ2) is 5.85. The molecule has 1 aliphatic rings. The number of nitrogens with zero attached hydrogens (tertiary/aromatic N) is 3. The van der Waals surface area contributed by atoms with E-state index in [0.29, 0.717) is 12.5 Å². The molecule has 1 aliphatic heterocycles. The van der Waals surface area contributed by atoms with Crippen LogP contribution in [0.1, 0.15) is 12.6 Å². The quantitative estimate of drug-likeness (QED) is 0.785. The molecule has 1 saturated heterocycles. The second-order valence-electron chi connectivity index (χ2n) is 5.71. The van der Waals surface area contributed by atoms with Crippen molar-refractivity contribution in [1.82, 2.24) is 14.7 Å². The molecule has 21 heavy (non-hydrogen) atoms. The molecule has 0 unspecified atom stereocenters. The van der Waals surface area contributed by atoms with Gasteiger partial charge in [0.05, 0.1) is 24.2 Å². The zero-order valence-electron chi connectivity index (χ0n) is 12.6. The Morgan fingerprint density at radius 2 is 2.14 bits per heavy atom. The van der Waals surface area contributed by atoms with Gasteiger partial charge in [0.15, 0.2) is 0 Å². The summed E-state index contributed by atoms with van der Waals surface area (Å²) in [5.41, 5.74) is 1.92. The molecule has 0 aliphatic carbocycles. The number of benzene rings is 1. The molecule has 0 spiro atoms. The number of carbonyl (C=O) groups is 1. The molecule has 5 nitrogen and oxygen atoms in total. The number of aromatic nitrogens is 2. The van der Waals surface area contributed by atoms with E-state index >= 15 is 0 Å². The van der Waals surface area contributed by atoms with Gasteiger partial charge in [-0.3, -0.25) is 9.48 Å². The van der Waals surface area contributed by atoms with Crippen LogP contribution >= 0.6 is 0 Å². The van der Waals surface area contributed by atoms with E-state index in [4.69, 9.17) is 4.74 Å². The lowest BCUT2D eigenvalue weighted by Crippen LogP contribution is -2.45. The summed E-state index contributed by atoms with van der Waals surface area (Å²) in [5, 5.41) is 5.71. The lowest BCUT2D eigenvalue weighted by atomic mass is 10.0. The van der Waals surface area contributed by atoms with Crippen LogP contribution in [0.5, 0.6) is 0 Å². The highest BCUT2D eigenvalue weighted by molar-refractivity contribution is 5.86. The van der Waals surface area contributed by atoms with Crippen molar-refractivity contribution in [1.29, 1.82) is 0 Å². The number of fused-ring (bicyclic) bond motifs is 1. The first kappa shape index (κ1) is 14.1. The molecule has 112 valence electrons. The number of para-hydroxylation sites is 1. The van der Waals surface area contributed by atoms with Gasteiger partial charge >= 0.3 is 5.97 Å². The molecule has 2 heterocycles. The van der Waals surface area contributed by atoms with Crippen LogP contribution in [0.25, 0.3) is 10.9 Å². The van der Waals surface area contributed by atoms with E-state index in [1.54, 1.807) is 0 Å². The first-order valence-corrected chi connectivity index (χ1v) is 7.46. The molecule has 3 rings (SSSR count). The number of likely N-dealkylation sites (tertiary alicyclic amines) is 1. The maximum absolute atomic E-state index is 11.7. The predicted molar refractivity (Wildman–Crippen MR) is 81.1 cm³/mol. The smallest absolute Gasteiger partial charge is 0.311 e. The molecule has 1 fully saturated rings. The summed E-state index contributed by atoms with van der Waals surface area (Å²) in [7, 11) is 2.13. The third-order valence-corrected chi connectivity index (χ3v) is 3.92. The van der Waals surface area contributed by atoms with E-state index in [1.165, 1.54) is 0 Å². The Morgan fingerprint density at radius 3 is 2.86 bits per heavy atom. The van der Waals surface area contributed by atoms with Gasteiger partial charge in [0.25, 0.3) is 0 Å². The predicted octanol–water partition coefficient (Wildman–Crippen LogP) is 1.70. The van der Waals surface area contributed by atoms with Crippen molar-refractivity contribution >= 4 is 16.9 Å². The van der Waals surface area contributed by atoms with Crippen molar-refractivity contribution in [2.75, 3.05) is 26.7 Å². The lowest BCUT2D eigenvalue weighted by molar-refractivity contribution is -0.142. The summed E-state index contributed by atoms with van der Waals surface area (Å²) in [6, 6.07) is 8.10. The topological polar surface area (TPSA) is 47.4 Å².